The van der Waals surface area contributed by atoms with Crippen LogP contribution in [0.25, 0.3) is 0 Å². The van der Waals surface area contributed by atoms with E-state index in [2.05, 4.69) is 31.4 Å². The molecule has 0 aromatic carbocycles. The summed E-state index contributed by atoms with van der Waals surface area (Å²) < 4.78 is 0. The standard InChI is InChI=1S/C15H28N2O/c1-4-12-5-6-13(11(12)3)17-15(18)14-9-10(2)7-8-16-14/h10-14,16H,4-9H2,1-3H3,(H,17,18). The quantitative estimate of drug-likeness (QED) is 0.809. The molecule has 18 heavy (non-hydrogen) atoms. The van der Waals surface area contributed by atoms with E-state index in [0.717, 1.165) is 25.3 Å². The van der Waals surface area contributed by atoms with Gasteiger partial charge in [0, 0.05) is 6.04 Å². The van der Waals surface area contributed by atoms with Crippen molar-refractivity contribution in [3.63, 3.8) is 0 Å². The molecule has 2 N–H and O–H groups in total. The number of amides is 1. The van der Waals surface area contributed by atoms with Gasteiger partial charge < -0.3 is 10.6 Å². The van der Waals surface area contributed by atoms with Gasteiger partial charge in [-0.05, 0) is 50.0 Å². The number of nitrogens with one attached hydrogen (secondary N) is 2. The van der Waals surface area contributed by atoms with Gasteiger partial charge in [0.25, 0.3) is 0 Å². The lowest BCUT2D eigenvalue weighted by molar-refractivity contribution is -0.125. The molecule has 2 rings (SSSR count). The van der Waals surface area contributed by atoms with Crippen LogP contribution in [0.15, 0.2) is 0 Å². The van der Waals surface area contributed by atoms with Crippen LogP contribution in [0.3, 0.4) is 0 Å². The van der Waals surface area contributed by atoms with Crippen LogP contribution in [-0.2, 0) is 4.79 Å². The molecule has 3 heteroatoms. The van der Waals surface area contributed by atoms with Gasteiger partial charge >= 0.3 is 0 Å². The summed E-state index contributed by atoms with van der Waals surface area (Å²) in [5.74, 6) is 2.34. The average molecular weight is 252 g/mol. The third-order valence-corrected chi connectivity index (χ3v) is 5.06. The molecule has 1 aliphatic carbocycles. The second-order valence-electron chi connectivity index (χ2n) is 6.36. The van der Waals surface area contributed by atoms with Crippen molar-refractivity contribution >= 4 is 5.91 Å². The maximum absolute atomic E-state index is 12.3. The van der Waals surface area contributed by atoms with Crippen molar-refractivity contribution in [3.05, 3.63) is 0 Å². The number of carbonyl (C=O) groups is 1. The van der Waals surface area contributed by atoms with Gasteiger partial charge in [0.15, 0.2) is 0 Å². The summed E-state index contributed by atoms with van der Waals surface area (Å²) in [7, 11) is 0. The lowest BCUT2D eigenvalue weighted by Gasteiger charge is -2.29. The van der Waals surface area contributed by atoms with Crippen molar-refractivity contribution in [2.75, 3.05) is 6.54 Å². The fourth-order valence-corrected chi connectivity index (χ4v) is 3.62. The maximum Gasteiger partial charge on any atom is 0.237 e. The molecule has 2 aliphatic rings. The van der Waals surface area contributed by atoms with Gasteiger partial charge in [-0.3, -0.25) is 4.79 Å². The van der Waals surface area contributed by atoms with E-state index in [0.29, 0.717) is 17.9 Å². The van der Waals surface area contributed by atoms with E-state index in [1.807, 2.05) is 0 Å². The fourth-order valence-electron chi connectivity index (χ4n) is 3.62. The van der Waals surface area contributed by atoms with E-state index in [1.54, 1.807) is 0 Å². The van der Waals surface area contributed by atoms with Crippen LogP contribution in [0.5, 0.6) is 0 Å². The van der Waals surface area contributed by atoms with Gasteiger partial charge in [0.1, 0.15) is 0 Å². The number of piperidine rings is 1. The van der Waals surface area contributed by atoms with Crippen molar-refractivity contribution in [1.29, 1.82) is 0 Å². The first kappa shape index (κ1) is 13.9. The highest BCUT2D eigenvalue weighted by Crippen LogP contribution is 2.34. The fraction of sp³-hybridized carbons (Fsp3) is 0.933. The predicted octanol–water partition coefficient (Wildman–Crippen LogP) is 2.32. The Bertz CT molecular complexity index is 292. The zero-order valence-electron chi connectivity index (χ0n) is 12.0. The molecular weight excluding hydrogens is 224 g/mol. The average Bonchev–Trinajstić information content (AvgIpc) is 2.70. The normalized spacial score (nSPS) is 40.7. The van der Waals surface area contributed by atoms with Crippen LogP contribution in [0.4, 0.5) is 0 Å². The summed E-state index contributed by atoms with van der Waals surface area (Å²) >= 11 is 0. The van der Waals surface area contributed by atoms with E-state index in [-0.39, 0.29) is 11.9 Å². The molecule has 1 amide bonds. The minimum Gasteiger partial charge on any atom is -0.352 e. The molecule has 5 unspecified atom stereocenters. The molecule has 0 bridgehead atoms. The van der Waals surface area contributed by atoms with Crippen molar-refractivity contribution < 1.29 is 4.79 Å². The largest absolute Gasteiger partial charge is 0.352 e. The van der Waals surface area contributed by atoms with Gasteiger partial charge in [-0.2, -0.15) is 0 Å². The van der Waals surface area contributed by atoms with E-state index >= 15 is 0 Å². The molecule has 2 fully saturated rings. The number of carbonyl (C=O) groups excluding carboxylic acids is 1. The second kappa shape index (κ2) is 6.05. The van der Waals surface area contributed by atoms with Crippen molar-refractivity contribution in [2.45, 2.75) is 65.0 Å². The van der Waals surface area contributed by atoms with Gasteiger partial charge in [-0.1, -0.05) is 27.2 Å². The Hall–Kier alpha value is -0.570. The zero-order chi connectivity index (χ0) is 13.1. The van der Waals surface area contributed by atoms with Gasteiger partial charge in [-0.15, -0.1) is 0 Å². The molecule has 0 radical (unpaired) electrons. The summed E-state index contributed by atoms with van der Waals surface area (Å²) in [5, 5.41) is 6.63. The highest BCUT2D eigenvalue weighted by Gasteiger charge is 2.34. The molecule has 1 heterocycles. The summed E-state index contributed by atoms with van der Waals surface area (Å²) in [6.45, 7) is 7.78. The van der Waals surface area contributed by atoms with Gasteiger partial charge in [0.2, 0.25) is 5.91 Å². The summed E-state index contributed by atoms with van der Waals surface area (Å²) in [4.78, 5) is 12.3. The third kappa shape index (κ3) is 3.05. The lowest BCUT2D eigenvalue weighted by Crippen LogP contribution is -2.51. The molecule has 0 spiro atoms. The SMILES string of the molecule is CCC1CCC(NC(=O)C2CC(C)CCN2)C1C. The van der Waals surface area contributed by atoms with E-state index < -0.39 is 0 Å². The molecule has 1 saturated carbocycles. The predicted molar refractivity (Wildman–Crippen MR) is 74.3 cm³/mol. The van der Waals surface area contributed by atoms with E-state index in [4.69, 9.17) is 0 Å². The summed E-state index contributed by atoms with van der Waals surface area (Å²) in [5.41, 5.74) is 0. The summed E-state index contributed by atoms with van der Waals surface area (Å²) in [6, 6.07) is 0.447. The first-order chi connectivity index (χ1) is 8.61. The van der Waals surface area contributed by atoms with E-state index in [9.17, 15) is 4.79 Å². The van der Waals surface area contributed by atoms with Crippen molar-refractivity contribution in [1.82, 2.24) is 10.6 Å². The smallest absolute Gasteiger partial charge is 0.237 e. The van der Waals surface area contributed by atoms with Crippen molar-refractivity contribution in [3.8, 4) is 0 Å². The Labute approximate surface area is 111 Å². The number of hydrogen-bond donors (Lipinski definition) is 2. The third-order valence-electron chi connectivity index (χ3n) is 5.06. The minimum absolute atomic E-state index is 0.0432. The maximum atomic E-state index is 12.3. The van der Waals surface area contributed by atoms with Crippen LogP contribution in [-0.4, -0.2) is 24.5 Å². The van der Waals surface area contributed by atoms with E-state index in [1.165, 1.54) is 19.3 Å². The Balaban J connectivity index is 1.84. The molecule has 0 aromatic rings. The number of hydrogen-bond acceptors (Lipinski definition) is 2. The molecule has 5 atom stereocenters. The Morgan fingerprint density at radius 2 is 2.06 bits per heavy atom. The Kier molecular flexibility index (Phi) is 4.66. The van der Waals surface area contributed by atoms with Crippen LogP contribution >= 0.6 is 0 Å². The molecular formula is C15H28N2O. The Morgan fingerprint density at radius 1 is 1.28 bits per heavy atom. The first-order valence-electron chi connectivity index (χ1n) is 7.65. The highest BCUT2D eigenvalue weighted by atomic mass is 16.2. The van der Waals surface area contributed by atoms with Crippen LogP contribution in [0.2, 0.25) is 0 Å². The lowest BCUT2D eigenvalue weighted by atomic mass is 9.92. The molecule has 1 aliphatic heterocycles. The summed E-state index contributed by atoms with van der Waals surface area (Å²) in [6.07, 6.45) is 5.86. The molecule has 3 nitrogen and oxygen atoms in total. The highest BCUT2D eigenvalue weighted by molar-refractivity contribution is 5.82. The van der Waals surface area contributed by atoms with Gasteiger partial charge in [0.05, 0.1) is 6.04 Å². The molecule has 1 saturated heterocycles. The zero-order valence-corrected chi connectivity index (χ0v) is 12.0. The second-order valence-corrected chi connectivity index (χ2v) is 6.36. The number of rotatable bonds is 3. The molecule has 0 aromatic heterocycles. The van der Waals surface area contributed by atoms with Crippen LogP contribution in [0.1, 0.15) is 52.9 Å². The molecule has 104 valence electrons. The Morgan fingerprint density at radius 3 is 2.67 bits per heavy atom. The van der Waals surface area contributed by atoms with Crippen LogP contribution < -0.4 is 10.6 Å². The monoisotopic (exact) mass is 252 g/mol. The van der Waals surface area contributed by atoms with Crippen LogP contribution in [0, 0.1) is 17.8 Å². The van der Waals surface area contributed by atoms with Gasteiger partial charge in [-0.25, -0.2) is 0 Å². The minimum atomic E-state index is 0.0432. The first-order valence-corrected chi connectivity index (χ1v) is 7.65. The topological polar surface area (TPSA) is 41.1 Å². The van der Waals surface area contributed by atoms with Crippen molar-refractivity contribution in [2.24, 2.45) is 17.8 Å².